The van der Waals surface area contributed by atoms with Gasteiger partial charge in [-0.05, 0) is 57.4 Å². The summed E-state index contributed by atoms with van der Waals surface area (Å²) in [6.45, 7) is 13.5. The minimum Gasteiger partial charge on any atom is -0.492 e. The number of halogens is 1. The highest BCUT2D eigenvalue weighted by Gasteiger charge is 2.18. The molecule has 1 aromatic rings. The summed E-state index contributed by atoms with van der Waals surface area (Å²) in [5.41, 5.74) is 1.15. The van der Waals surface area contributed by atoms with E-state index in [2.05, 4.69) is 62.4 Å². The highest BCUT2D eigenvalue weighted by molar-refractivity contribution is 14.0. The smallest absolute Gasteiger partial charge is 0.191 e. The Morgan fingerprint density at radius 1 is 1.27 bits per heavy atom. The lowest BCUT2D eigenvalue weighted by Crippen LogP contribution is -2.44. The molecule has 1 aromatic carbocycles. The molecule has 2 rings (SSSR count). The van der Waals surface area contributed by atoms with E-state index in [1.807, 2.05) is 12.1 Å². The third-order valence-corrected chi connectivity index (χ3v) is 5.55. The minimum atomic E-state index is 0. The third kappa shape index (κ3) is 9.83. The first-order valence-electron chi connectivity index (χ1n) is 11.0. The van der Waals surface area contributed by atoms with Crippen molar-refractivity contribution in [2.75, 3.05) is 40.0 Å². The quantitative estimate of drug-likeness (QED) is 0.272. The van der Waals surface area contributed by atoms with E-state index in [9.17, 15) is 0 Å². The SMILES string of the molecule is CCNC(=NCc1cccc(OCCN(C)C2CCOCC2)c1)NC(C)C(C)C.I. The molecule has 0 spiro atoms. The number of rotatable bonds is 10. The lowest BCUT2D eigenvalue weighted by Gasteiger charge is -2.31. The summed E-state index contributed by atoms with van der Waals surface area (Å²) in [6, 6.07) is 9.23. The molecule has 0 aromatic heterocycles. The molecule has 7 heteroatoms. The van der Waals surface area contributed by atoms with Crippen molar-refractivity contribution in [3.8, 4) is 5.75 Å². The number of hydrogen-bond acceptors (Lipinski definition) is 4. The standard InChI is InChI=1S/C23H40N4O2.HI/c1-6-24-23(26-19(4)18(2)3)25-17-20-8-7-9-22(16-20)29-15-12-27(5)21-10-13-28-14-11-21;/h7-9,16,18-19,21H,6,10-15,17H2,1-5H3,(H2,24,25,26);1H. The van der Waals surface area contributed by atoms with Gasteiger partial charge < -0.3 is 20.1 Å². The highest BCUT2D eigenvalue weighted by atomic mass is 127. The number of ether oxygens (including phenoxy) is 2. The molecule has 1 saturated heterocycles. The van der Waals surface area contributed by atoms with Crippen molar-refractivity contribution >= 4 is 29.9 Å². The van der Waals surface area contributed by atoms with Crippen LogP contribution in [0, 0.1) is 5.92 Å². The van der Waals surface area contributed by atoms with Crippen molar-refractivity contribution in [1.29, 1.82) is 0 Å². The molecule has 1 aliphatic heterocycles. The van der Waals surface area contributed by atoms with E-state index >= 15 is 0 Å². The van der Waals surface area contributed by atoms with Crippen molar-refractivity contribution in [3.05, 3.63) is 29.8 Å². The van der Waals surface area contributed by atoms with Gasteiger partial charge in [-0.3, -0.25) is 4.90 Å². The fourth-order valence-electron chi connectivity index (χ4n) is 3.22. The van der Waals surface area contributed by atoms with E-state index in [1.54, 1.807) is 0 Å². The molecule has 172 valence electrons. The van der Waals surface area contributed by atoms with Gasteiger partial charge >= 0.3 is 0 Å². The van der Waals surface area contributed by atoms with Crippen molar-refractivity contribution in [2.24, 2.45) is 10.9 Å². The van der Waals surface area contributed by atoms with E-state index in [4.69, 9.17) is 14.5 Å². The van der Waals surface area contributed by atoms with Crippen LogP contribution < -0.4 is 15.4 Å². The number of likely N-dealkylation sites (N-methyl/N-ethyl adjacent to an activating group) is 1. The van der Waals surface area contributed by atoms with E-state index < -0.39 is 0 Å². The van der Waals surface area contributed by atoms with Crippen LogP contribution in [0.15, 0.2) is 29.3 Å². The molecule has 30 heavy (non-hydrogen) atoms. The zero-order valence-corrected chi connectivity index (χ0v) is 21.6. The monoisotopic (exact) mass is 532 g/mol. The number of hydrogen-bond donors (Lipinski definition) is 2. The average Bonchev–Trinajstić information content (AvgIpc) is 2.73. The van der Waals surface area contributed by atoms with Gasteiger partial charge in [0.15, 0.2) is 5.96 Å². The van der Waals surface area contributed by atoms with Crippen LogP contribution in [0.3, 0.4) is 0 Å². The summed E-state index contributed by atoms with van der Waals surface area (Å²) in [5.74, 6) is 2.32. The Morgan fingerprint density at radius 3 is 2.67 bits per heavy atom. The molecule has 0 radical (unpaired) electrons. The number of guanidine groups is 1. The van der Waals surface area contributed by atoms with Crippen molar-refractivity contribution in [3.63, 3.8) is 0 Å². The van der Waals surface area contributed by atoms with Gasteiger partial charge in [0.05, 0.1) is 6.54 Å². The second-order valence-corrected chi connectivity index (χ2v) is 8.19. The molecule has 1 atom stereocenters. The normalized spacial score (nSPS) is 16.3. The Labute approximate surface area is 200 Å². The molecule has 1 fully saturated rings. The van der Waals surface area contributed by atoms with Crippen LogP contribution in [0.5, 0.6) is 5.75 Å². The van der Waals surface area contributed by atoms with Crippen molar-refractivity contribution in [2.45, 2.75) is 59.2 Å². The number of benzene rings is 1. The van der Waals surface area contributed by atoms with Crippen LogP contribution in [0.4, 0.5) is 0 Å². The van der Waals surface area contributed by atoms with E-state index in [0.29, 0.717) is 31.2 Å². The first kappa shape index (κ1) is 27.0. The summed E-state index contributed by atoms with van der Waals surface area (Å²) >= 11 is 0. The van der Waals surface area contributed by atoms with Gasteiger partial charge in [0.25, 0.3) is 0 Å². The number of aliphatic imine (C=N–C) groups is 1. The van der Waals surface area contributed by atoms with Crippen LogP contribution in [0.2, 0.25) is 0 Å². The zero-order valence-electron chi connectivity index (χ0n) is 19.3. The van der Waals surface area contributed by atoms with E-state index in [0.717, 1.165) is 56.4 Å². The van der Waals surface area contributed by atoms with Gasteiger partial charge in [0, 0.05) is 38.4 Å². The Kier molecular flexibility index (Phi) is 13.4. The first-order valence-corrected chi connectivity index (χ1v) is 11.0. The first-order chi connectivity index (χ1) is 14.0. The lowest BCUT2D eigenvalue weighted by atomic mass is 10.1. The predicted octanol–water partition coefficient (Wildman–Crippen LogP) is 3.89. The van der Waals surface area contributed by atoms with Crippen LogP contribution >= 0.6 is 24.0 Å². The van der Waals surface area contributed by atoms with Crippen LogP contribution in [0.25, 0.3) is 0 Å². The third-order valence-electron chi connectivity index (χ3n) is 5.55. The number of nitrogens with zero attached hydrogens (tertiary/aromatic N) is 2. The zero-order chi connectivity index (χ0) is 21.1. The van der Waals surface area contributed by atoms with Gasteiger partial charge in [-0.1, -0.05) is 26.0 Å². The Balaban J connectivity index is 0.00000450. The van der Waals surface area contributed by atoms with Gasteiger partial charge in [0.1, 0.15) is 12.4 Å². The van der Waals surface area contributed by atoms with Crippen LogP contribution in [-0.2, 0) is 11.3 Å². The van der Waals surface area contributed by atoms with Crippen LogP contribution in [-0.4, -0.2) is 62.9 Å². The largest absolute Gasteiger partial charge is 0.492 e. The second-order valence-electron chi connectivity index (χ2n) is 8.19. The maximum Gasteiger partial charge on any atom is 0.191 e. The molecule has 0 saturated carbocycles. The summed E-state index contributed by atoms with van der Waals surface area (Å²) in [6.07, 6.45) is 2.23. The van der Waals surface area contributed by atoms with Crippen molar-refractivity contribution < 1.29 is 9.47 Å². The Hall–Kier alpha value is -1.06. The second kappa shape index (κ2) is 14.9. The topological polar surface area (TPSA) is 58.1 Å². The van der Waals surface area contributed by atoms with E-state index in [1.165, 1.54) is 0 Å². The Bertz CT molecular complexity index is 621. The molecular weight excluding hydrogens is 491 g/mol. The predicted molar refractivity (Wildman–Crippen MR) is 136 cm³/mol. The molecule has 1 heterocycles. The lowest BCUT2D eigenvalue weighted by molar-refractivity contribution is 0.0392. The molecule has 0 amide bonds. The number of nitrogens with one attached hydrogen (secondary N) is 2. The molecule has 2 N–H and O–H groups in total. The summed E-state index contributed by atoms with van der Waals surface area (Å²) in [5, 5.41) is 6.80. The molecule has 6 nitrogen and oxygen atoms in total. The van der Waals surface area contributed by atoms with Crippen LogP contribution in [0.1, 0.15) is 46.1 Å². The van der Waals surface area contributed by atoms with Gasteiger partial charge in [-0.25, -0.2) is 4.99 Å². The van der Waals surface area contributed by atoms with Gasteiger partial charge in [-0.2, -0.15) is 0 Å². The fourth-order valence-corrected chi connectivity index (χ4v) is 3.22. The molecule has 0 aliphatic carbocycles. The van der Waals surface area contributed by atoms with Gasteiger partial charge in [0.2, 0.25) is 0 Å². The van der Waals surface area contributed by atoms with Gasteiger partial charge in [-0.15, -0.1) is 24.0 Å². The fraction of sp³-hybridized carbons (Fsp3) is 0.696. The molecule has 0 bridgehead atoms. The summed E-state index contributed by atoms with van der Waals surface area (Å²) in [4.78, 5) is 7.13. The summed E-state index contributed by atoms with van der Waals surface area (Å²) < 4.78 is 11.5. The minimum absolute atomic E-state index is 0. The van der Waals surface area contributed by atoms with E-state index in [-0.39, 0.29) is 24.0 Å². The molecule has 1 aliphatic rings. The molecular formula is C23H41IN4O2. The maximum atomic E-state index is 6.01. The average molecular weight is 533 g/mol. The summed E-state index contributed by atoms with van der Waals surface area (Å²) in [7, 11) is 2.18. The highest BCUT2D eigenvalue weighted by Crippen LogP contribution is 2.16. The Morgan fingerprint density at radius 2 is 2.00 bits per heavy atom. The maximum absolute atomic E-state index is 6.01. The molecule has 1 unspecified atom stereocenters. The van der Waals surface area contributed by atoms with Crippen molar-refractivity contribution in [1.82, 2.24) is 15.5 Å².